The number of fused-ring (bicyclic) bond motifs is 2. The highest BCUT2D eigenvalue weighted by atomic mass is 127. The normalized spacial score (nSPS) is 11.9. The fraction of sp³-hybridized carbons (Fsp3) is 0. The summed E-state index contributed by atoms with van der Waals surface area (Å²) in [7, 11) is 0. The van der Waals surface area contributed by atoms with Crippen LogP contribution in [-0.2, 0) is 0 Å². The summed E-state index contributed by atoms with van der Waals surface area (Å²) in [6.45, 7) is 0. The summed E-state index contributed by atoms with van der Waals surface area (Å²) in [4.78, 5) is 4.40. The Balaban J connectivity index is 2.26. The van der Waals surface area contributed by atoms with Crippen molar-refractivity contribution in [2.45, 2.75) is 0 Å². The average molecular weight is 369 g/mol. The van der Waals surface area contributed by atoms with Crippen molar-refractivity contribution >= 4 is 21.8 Å². The van der Waals surface area contributed by atoms with Gasteiger partial charge in [0.1, 0.15) is 0 Å². The fourth-order valence-electron chi connectivity index (χ4n) is 1.94. The molecule has 0 saturated carbocycles. The Morgan fingerprint density at radius 1 is 0.895 bits per heavy atom. The Kier molecular flexibility index (Phi) is 3.02. The molecule has 0 fully saturated rings. The largest absolute Gasteiger partial charge is 0.439 e. The number of benzene rings is 2. The fourth-order valence-corrected chi connectivity index (χ4v) is 2.91. The van der Waals surface area contributed by atoms with E-state index in [0.717, 1.165) is 10.9 Å². The minimum Gasteiger partial charge on any atom is -0.248 e. The molecule has 5 nitrogen and oxygen atoms in total. The van der Waals surface area contributed by atoms with Gasteiger partial charge in [-0.1, -0.05) is 27.3 Å². The molecule has 0 aliphatic heterocycles. The minimum atomic E-state index is -5.78. The molecule has 96 valence electrons. The zero-order chi connectivity index (χ0) is 13.5. The third-order valence-corrected chi connectivity index (χ3v) is 3.71. The highest BCUT2D eigenvalue weighted by Crippen LogP contribution is 2.26. The summed E-state index contributed by atoms with van der Waals surface area (Å²) in [6, 6.07) is 14.0. The van der Waals surface area contributed by atoms with E-state index in [1.54, 1.807) is 18.2 Å². The van der Waals surface area contributed by atoms with Gasteiger partial charge in [0, 0.05) is 5.39 Å². The Morgan fingerprint density at radius 2 is 1.63 bits per heavy atom. The molecule has 0 unspecified atom stereocenters. The van der Waals surface area contributed by atoms with Crippen LogP contribution in [0.5, 0.6) is 5.75 Å². The Labute approximate surface area is 114 Å². The summed E-state index contributed by atoms with van der Waals surface area (Å²) in [6.07, 6.45) is 0. The van der Waals surface area contributed by atoms with Crippen LogP contribution in [-0.4, -0.2) is 4.98 Å². The monoisotopic (exact) mass is 369 g/mol. The second-order valence-electron chi connectivity index (χ2n) is 3.96. The molecule has 0 amide bonds. The second kappa shape index (κ2) is 4.57. The number of halogens is 1. The van der Waals surface area contributed by atoms with Crippen molar-refractivity contribution in [1.82, 2.24) is 4.98 Å². The lowest BCUT2D eigenvalue weighted by atomic mass is 10.1. The Bertz CT molecular complexity index is 754. The average Bonchev–Trinajstić information content (AvgIpc) is 2.35. The first-order chi connectivity index (χ1) is 9.03. The molecular formula is C13H8INO4. The maximum absolute atomic E-state index is 10.8. The summed E-state index contributed by atoms with van der Waals surface area (Å²) >= 11 is -5.78. The van der Waals surface area contributed by atoms with Crippen molar-refractivity contribution in [3.05, 3.63) is 48.5 Å². The van der Waals surface area contributed by atoms with E-state index in [2.05, 4.69) is 8.05 Å². The van der Waals surface area contributed by atoms with Gasteiger partial charge in [0.05, 0.1) is 16.4 Å². The number of hydrogen-bond acceptors (Lipinski definition) is 5. The van der Waals surface area contributed by atoms with Crippen LogP contribution in [0.3, 0.4) is 0 Å². The van der Waals surface area contributed by atoms with E-state index in [1.165, 1.54) is 6.07 Å². The molecule has 6 heteroatoms. The predicted molar refractivity (Wildman–Crippen MR) is 59.9 cm³/mol. The van der Waals surface area contributed by atoms with Crippen LogP contribution in [0.4, 0.5) is 0 Å². The molecule has 0 N–H and O–H groups in total. The second-order valence-corrected chi connectivity index (χ2v) is 6.56. The van der Waals surface area contributed by atoms with Gasteiger partial charge < -0.3 is 0 Å². The lowest BCUT2D eigenvalue weighted by molar-refractivity contribution is -1.91. The third kappa shape index (κ3) is 2.61. The molecule has 0 bridgehead atoms. The lowest BCUT2D eigenvalue weighted by Gasteiger charge is -2.08. The summed E-state index contributed by atoms with van der Waals surface area (Å²) in [5, 5.41) is 1.36. The van der Waals surface area contributed by atoms with Gasteiger partial charge >= 0.3 is 20.1 Å². The molecule has 0 aliphatic rings. The first-order valence-electron chi connectivity index (χ1n) is 5.42. The van der Waals surface area contributed by atoms with Crippen LogP contribution in [0, 0.1) is 0 Å². The molecule has 0 saturated heterocycles. The number of hydrogen-bond donors (Lipinski definition) is 0. The molecule has 0 radical (unpaired) electrons. The van der Waals surface area contributed by atoms with Gasteiger partial charge in [-0.05, 0) is 24.3 Å². The van der Waals surface area contributed by atoms with Gasteiger partial charge in [-0.15, -0.1) is 0 Å². The van der Waals surface area contributed by atoms with Gasteiger partial charge in [0.2, 0.25) is 0 Å². The van der Waals surface area contributed by atoms with E-state index < -0.39 is 20.1 Å². The van der Waals surface area contributed by atoms with Crippen LogP contribution in [0.1, 0.15) is 0 Å². The SMILES string of the molecule is [O-][I+3]([O-])([O-])Oc1cccc2nc3ccccc3cc12. The van der Waals surface area contributed by atoms with Gasteiger partial charge in [-0.3, -0.25) is 0 Å². The van der Waals surface area contributed by atoms with E-state index in [9.17, 15) is 10.3 Å². The predicted octanol–water partition coefficient (Wildman–Crippen LogP) is -3.33. The Hall–Kier alpha value is -1.48. The molecular weight excluding hydrogens is 361 g/mol. The zero-order valence-electron chi connectivity index (χ0n) is 9.58. The quantitative estimate of drug-likeness (QED) is 0.348. The van der Waals surface area contributed by atoms with E-state index in [4.69, 9.17) is 0 Å². The van der Waals surface area contributed by atoms with E-state index in [1.807, 2.05) is 24.3 Å². The summed E-state index contributed by atoms with van der Waals surface area (Å²) in [5.41, 5.74) is 1.38. The summed E-state index contributed by atoms with van der Waals surface area (Å²) < 4.78 is 37.0. The number of rotatable bonds is 2. The number of para-hydroxylation sites is 1. The molecule has 1 aromatic heterocycles. The van der Waals surface area contributed by atoms with Crippen molar-refractivity contribution in [2.24, 2.45) is 0 Å². The number of nitrogens with zero attached hydrogens (tertiary/aromatic N) is 1. The molecule has 3 rings (SSSR count). The molecule has 0 spiro atoms. The first kappa shape index (κ1) is 12.5. The maximum atomic E-state index is 10.8. The van der Waals surface area contributed by atoms with Gasteiger partial charge in [-0.2, -0.15) is 0 Å². The van der Waals surface area contributed by atoms with E-state index in [-0.39, 0.29) is 5.75 Å². The van der Waals surface area contributed by atoms with Crippen molar-refractivity contribution < 1.29 is 33.5 Å². The van der Waals surface area contributed by atoms with Crippen LogP contribution < -0.4 is 33.5 Å². The van der Waals surface area contributed by atoms with Gasteiger partial charge in [0.15, 0.2) is 0 Å². The molecule has 0 aliphatic carbocycles. The highest BCUT2D eigenvalue weighted by molar-refractivity contribution is 5.95. The van der Waals surface area contributed by atoms with Crippen molar-refractivity contribution in [3.8, 4) is 5.75 Å². The van der Waals surface area contributed by atoms with Crippen LogP contribution in [0.2, 0.25) is 0 Å². The van der Waals surface area contributed by atoms with E-state index >= 15 is 0 Å². The zero-order valence-corrected chi connectivity index (χ0v) is 11.7. The molecule has 2 aromatic carbocycles. The van der Waals surface area contributed by atoms with Crippen molar-refractivity contribution in [3.63, 3.8) is 0 Å². The van der Waals surface area contributed by atoms with Crippen molar-refractivity contribution in [1.29, 1.82) is 0 Å². The summed E-state index contributed by atoms with van der Waals surface area (Å²) in [5.74, 6) is 0.0344. The van der Waals surface area contributed by atoms with Gasteiger partial charge in [0.25, 0.3) is 5.75 Å². The third-order valence-electron chi connectivity index (χ3n) is 2.70. The molecule has 19 heavy (non-hydrogen) atoms. The van der Waals surface area contributed by atoms with Crippen LogP contribution >= 0.6 is 0 Å². The minimum absolute atomic E-state index is 0.0344. The smallest absolute Gasteiger partial charge is 0.248 e. The molecule has 0 atom stereocenters. The number of pyridine rings is 1. The first-order valence-corrected chi connectivity index (χ1v) is 8.94. The van der Waals surface area contributed by atoms with Crippen molar-refractivity contribution in [2.75, 3.05) is 0 Å². The molecule has 3 aromatic rings. The van der Waals surface area contributed by atoms with Crippen LogP contribution in [0.25, 0.3) is 21.8 Å². The highest BCUT2D eigenvalue weighted by Gasteiger charge is 2.29. The number of aromatic nitrogens is 1. The Morgan fingerprint density at radius 3 is 2.42 bits per heavy atom. The van der Waals surface area contributed by atoms with E-state index in [0.29, 0.717) is 10.9 Å². The molecule has 1 heterocycles. The topological polar surface area (TPSA) is 91.3 Å². The standard InChI is InChI=1S/C13H8INO4/c16-14(17,18)19-13-7-3-6-12-10(13)8-9-4-1-2-5-11(9)15-12/h1-8H. The van der Waals surface area contributed by atoms with Crippen LogP contribution in [0.15, 0.2) is 48.5 Å². The lowest BCUT2D eigenvalue weighted by Crippen LogP contribution is -4.25. The maximum Gasteiger partial charge on any atom is 0.439 e. The van der Waals surface area contributed by atoms with Gasteiger partial charge in [-0.25, -0.2) is 15.3 Å².